The third kappa shape index (κ3) is 6.47. The highest BCUT2D eigenvalue weighted by molar-refractivity contribution is 5.91. The van der Waals surface area contributed by atoms with Crippen LogP contribution >= 0.6 is 0 Å². The summed E-state index contributed by atoms with van der Waals surface area (Å²) in [5, 5.41) is 5.88. The van der Waals surface area contributed by atoms with Gasteiger partial charge in [-0.3, -0.25) is 14.8 Å². The van der Waals surface area contributed by atoms with Gasteiger partial charge in [0.2, 0.25) is 0 Å². The van der Waals surface area contributed by atoms with Crippen LogP contribution in [0.25, 0.3) is 0 Å². The molecule has 0 unspecified atom stereocenters. The van der Waals surface area contributed by atoms with Gasteiger partial charge in [-0.05, 0) is 51.0 Å². The van der Waals surface area contributed by atoms with Gasteiger partial charge in [-0.25, -0.2) is 9.59 Å². The number of carbonyl (C=O) groups excluding carboxylic acids is 3. The Hall–Kier alpha value is -3.55. The smallest absolute Gasteiger partial charge is 0.408 e. The number of hydrogen-bond acceptors (Lipinski definition) is 6. The molecule has 2 amide bonds. The van der Waals surface area contributed by atoms with E-state index < -0.39 is 17.7 Å². The number of nitrogens with one attached hydrogen (secondary N) is 1. The Morgan fingerprint density at radius 1 is 1.00 bits per heavy atom. The number of carbonyl (C=O) groups is 3. The average Bonchev–Trinajstić information content (AvgIpc) is 3.25. The SMILES string of the molecule is CC(C)(C)OC(=O)NCC(=O)N1CCCN1c1cccc(C(=O)OCc2ccccc2)c1. The van der Waals surface area contributed by atoms with E-state index in [0.717, 1.165) is 12.0 Å². The molecule has 170 valence electrons. The zero-order valence-electron chi connectivity index (χ0n) is 18.7. The van der Waals surface area contributed by atoms with Crippen molar-refractivity contribution in [3.05, 3.63) is 65.7 Å². The molecule has 1 heterocycles. The minimum atomic E-state index is -0.639. The van der Waals surface area contributed by atoms with Gasteiger partial charge < -0.3 is 14.8 Å². The van der Waals surface area contributed by atoms with Crippen molar-refractivity contribution < 1.29 is 23.9 Å². The second-order valence-corrected chi connectivity index (χ2v) is 8.46. The summed E-state index contributed by atoms with van der Waals surface area (Å²) >= 11 is 0. The number of esters is 1. The van der Waals surface area contributed by atoms with Crippen LogP contribution in [0, 0.1) is 0 Å². The quantitative estimate of drug-likeness (QED) is 0.693. The minimum absolute atomic E-state index is 0.176. The fraction of sp³-hybridized carbons (Fsp3) is 0.375. The van der Waals surface area contributed by atoms with Gasteiger partial charge in [0, 0.05) is 13.1 Å². The molecule has 3 rings (SSSR count). The Bertz CT molecular complexity index is 956. The average molecular weight is 440 g/mol. The predicted octanol–water partition coefficient (Wildman–Crippen LogP) is 3.52. The van der Waals surface area contributed by atoms with E-state index in [-0.39, 0.29) is 19.1 Å². The summed E-state index contributed by atoms with van der Waals surface area (Å²) in [5.41, 5.74) is 1.39. The van der Waals surface area contributed by atoms with Gasteiger partial charge >= 0.3 is 12.1 Å². The molecule has 1 fully saturated rings. The molecule has 0 radical (unpaired) electrons. The van der Waals surface area contributed by atoms with Crippen LogP contribution in [-0.4, -0.2) is 48.2 Å². The molecule has 2 aromatic rings. The van der Waals surface area contributed by atoms with Gasteiger partial charge in [-0.15, -0.1) is 0 Å². The van der Waals surface area contributed by atoms with Crippen LogP contribution in [0.4, 0.5) is 10.5 Å². The summed E-state index contributed by atoms with van der Waals surface area (Å²) in [6.07, 6.45) is 0.140. The van der Waals surface area contributed by atoms with Crippen LogP contribution < -0.4 is 10.3 Å². The molecule has 0 aliphatic carbocycles. The van der Waals surface area contributed by atoms with E-state index in [4.69, 9.17) is 9.47 Å². The monoisotopic (exact) mass is 439 g/mol. The lowest BCUT2D eigenvalue weighted by molar-refractivity contribution is -0.129. The number of hydrogen-bond donors (Lipinski definition) is 1. The number of ether oxygens (including phenoxy) is 2. The van der Waals surface area contributed by atoms with E-state index in [1.165, 1.54) is 0 Å². The highest BCUT2D eigenvalue weighted by atomic mass is 16.6. The van der Waals surface area contributed by atoms with Gasteiger partial charge in [0.15, 0.2) is 0 Å². The molecule has 8 nitrogen and oxygen atoms in total. The Morgan fingerprint density at radius 3 is 2.47 bits per heavy atom. The third-order valence-corrected chi connectivity index (χ3v) is 4.69. The van der Waals surface area contributed by atoms with Gasteiger partial charge in [0.1, 0.15) is 18.8 Å². The van der Waals surface area contributed by atoms with Gasteiger partial charge in [-0.2, -0.15) is 0 Å². The van der Waals surface area contributed by atoms with Crippen molar-refractivity contribution in [3.8, 4) is 0 Å². The number of rotatable bonds is 6. The molecular weight excluding hydrogens is 410 g/mol. The number of hydrazine groups is 1. The van der Waals surface area contributed by atoms with Gasteiger partial charge in [-0.1, -0.05) is 36.4 Å². The summed E-state index contributed by atoms with van der Waals surface area (Å²) < 4.78 is 10.6. The van der Waals surface area contributed by atoms with E-state index in [1.807, 2.05) is 41.4 Å². The van der Waals surface area contributed by atoms with E-state index in [1.54, 1.807) is 44.0 Å². The first kappa shape index (κ1) is 23.1. The number of amides is 2. The minimum Gasteiger partial charge on any atom is -0.457 e. The van der Waals surface area contributed by atoms with Crippen molar-refractivity contribution >= 4 is 23.7 Å². The fourth-order valence-corrected chi connectivity index (χ4v) is 3.29. The first-order valence-corrected chi connectivity index (χ1v) is 10.6. The van der Waals surface area contributed by atoms with Crippen LogP contribution in [-0.2, 0) is 20.9 Å². The van der Waals surface area contributed by atoms with Gasteiger partial charge in [0.05, 0.1) is 11.3 Å². The maximum absolute atomic E-state index is 12.7. The largest absolute Gasteiger partial charge is 0.457 e. The second-order valence-electron chi connectivity index (χ2n) is 8.46. The van der Waals surface area contributed by atoms with Crippen LogP contribution in [0.15, 0.2) is 54.6 Å². The summed E-state index contributed by atoms with van der Waals surface area (Å²) in [6, 6.07) is 16.5. The zero-order valence-corrected chi connectivity index (χ0v) is 18.7. The molecule has 0 bridgehead atoms. The molecule has 2 aromatic carbocycles. The number of anilines is 1. The van der Waals surface area contributed by atoms with Crippen LogP contribution in [0.5, 0.6) is 0 Å². The Kier molecular flexibility index (Phi) is 7.35. The van der Waals surface area contributed by atoms with Crippen LogP contribution in [0.1, 0.15) is 43.1 Å². The molecule has 1 saturated heterocycles. The summed E-state index contributed by atoms with van der Waals surface area (Å²) in [6.45, 7) is 6.44. The Labute approximate surface area is 188 Å². The van der Waals surface area contributed by atoms with Crippen molar-refractivity contribution in [2.24, 2.45) is 0 Å². The molecule has 0 spiro atoms. The molecule has 8 heteroatoms. The van der Waals surface area contributed by atoms with Crippen molar-refractivity contribution in [2.75, 3.05) is 24.6 Å². The maximum Gasteiger partial charge on any atom is 0.408 e. The van der Waals surface area contributed by atoms with E-state index >= 15 is 0 Å². The van der Waals surface area contributed by atoms with Crippen molar-refractivity contribution in [2.45, 2.75) is 39.4 Å². The summed E-state index contributed by atoms with van der Waals surface area (Å²) in [5.74, 6) is -0.690. The first-order valence-electron chi connectivity index (χ1n) is 10.6. The van der Waals surface area contributed by atoms with Crippen molar-refractivity contribution in [1.82, 2.24) is 10.3 Å². The first-order chi connectivity index (χ1) is 15.2. The third-order valence-electron chi connectivity index (χ3n) is 4.69. The molecule has 32 heavy (non-hydrogen) atoms. The lowest BCUT2D eigenvalue weighted by Gasteiger charge is -2.30. The Balaban J connectivity index is 1.61. The molecule has 1 aliphatic rings. The normalized spacial score (nSPS) is 13.6. The molecule has 0 aromatic heterocycles. The summed E-state index contributed by atoms with van der Waals surface area (Å²) in [4.78, 5) is 37.1. The van der Waals surface area contributed by atoms with Gasteiger partial charge in [0.25, 0.3) is 5.91 Å². The molecule has 0 saturated carbocycles. The summed E-state index contributed by atoms with van der Waals surface area (Å²) in [7, 11) is 0. The fourth-order valence-electron chi connectivity index (χ4n) is 3.29. The molecule has 0 atom stereocenters. The highest BCUT2D eigenvalue weighted by Crippen LogP contribution is 2.23. The number of nitrogens with zero attached hydrogens (tertiary/aromatic N) is 2. The number of alkyl carbamates (subject to hydrolysis) is 1. The van der Waals surface area contributed by atoms with E-state index in [0.29, 0.717) is 24.3 Å². The van der Waals surface area contributed by atoms with Crippen LogP contribution in [0.3, 0.4) is 0 Å². The highest BCUT2D eigenvalue weighted by Gasteiger charge is 2.28. The lowest BCUT2D eigenvalue weighted by atomic mass is 10.2. The number of benzene rings is 2. The van der Waals surface area contributed by atoms with Crippen LogP contribution in [0.2, 0.25) is 0 Å². The molecule has 1 N–H and O–H groups in total. The Morgan fingerprint density at radius 2 is 1.75 bits per heavy atom. The second kappa shape index (κ2) is 10.2. The predicted molar refractivity (Wildman–Crippen MR) is 120 cm³/mol. The van der Waals surface area contributed by atoms with E-state index in [2.05, 4.69) is 5.32 Å². The molecular formula is C24H29N3O5. The maximum atomic E-state index is 12.7. The van der Waals surface area contributed by atoms with Crippen molar-refractivity contribution in [1.29, 1.82) is 0 Å². The zero-order chi connectivity index (χ0) is 23.1. The molecule has 1 aliphatic heterocycles. The lowest BCUT2D eigenvalue weighted by Crippen LogP contribution is -2.47. The van der Waals surface area contributed by atoms with E-state index in [9.17, 15) is 14.4 Å². The van der Waals surface area contributed by atoms with Crippen molar-refractivity contribution in [3.63, 3.8) is 0 Å². The topological polar surface area (TPSA) is 88.2 Å². The standard InChI is InChI=1S/C24H29N3O5/c1-24(2,3)32-23(30)25-16-21(28)27-14-8-13-26(27)20-12-7-11-19(15-20)22(29)31-17-18-9-5-4-6-10-18/h4-7,9-12,15H,8,13-14,16-17H2,1-3H3,(H,25,30).